The molecule has 0 atom stereocenters. The number of para-hydroxylation sites is 1. The highest BCUT2D eigenvalue weighted by atomic mass is 35.5. The topological polar surface area (TPSA) is 72.5 Å². The fourth-order valence-electron chi connectivity index (χ4n) is 3.49. The van der Waals surface area contributed by atoms with Crippen molar-refractivity contribution >= 4 is 33.0 Å². The SMILES string of the molecule is CCS(=O)(=O)c1ccc(CC(=O)Nc2ccc(-c3ccccc3OCC3CC3)c(Cl)c2)cc1. The number of hydrogen-bond acceptors (Lipinski definition) is 4. The minimum absolute atomic E-state index is 0.0424. The zero-order valence-electron chi connectivity index (χ0n) is 18.4. The maximum atomic E-state index is 12.5. The highest BCUT2D eigenvalue weighted by molar-refractivity contribution is 7.91. The Kier molecular flexibility index (Phi) is 7.05. The number of rotatable bonds is 9. The van der Waals surface area contributed by atoms with Crippen LogP contribution in [0.5, 0.6) is 5.75 Å². The van der Waals surface area contributed by atoms with Gasteiger partial charge in [0.15, 0.2) is 9.84 Å². The maximum absolute atomic E-state index is 12.5. The first-order chi connectivity index (χ1) is 15.9. The van der Waals surface area contributed by atoms with Gasteiger partial charge >= 0.3 is 0 Å². The Morgan fingerprint density at radius 1 is 1.03 bits per heavy atom. The smallest absolute Gasteiger partial charge is 0.228 e. The van der Waals surface area contributed by atoms with E-state index in [1.54, 1.807) is 25.1 Å². The van der Waals surface area contributed by atoms with E-state index in [-0.39, 0.29) is 23.0 Å². The molecule has 0 aliphatic heterocycles. The Morgan fingerprint density at radius 3 is 2.42 bits per heavy atom. The summed E-state index contributed by atoms with van der Waals surface area (Å²) in [6, 6.07) is 19.6. The molecular weight excluding hydrogens is 458 g/mol. The molecule has 1 aliphatic rings. The Labute approximate surface area is 199 Å². The third-order valence-electron chi connectivity index (χ3n) is 5.63. The molecule has 1 fully saturated rings. The van der Waals surface area contributed by atoms with Crippen molar-refractivity contribution in [3.63, 3.8) is 0 Å². The molecule has 0 aromatic heterocycles. The summed E-state index contributed by atoms with van der Waals surface area (Å²) in [5.74, 6) is 1.29. The molecule has 0 saturated heterocycles. The summed E-state index contributed by atoms with van der Waals surface area (Å²) in [7, 11) is -3.26. The number of halogens is 1. The van der Waals surface area contributed by atoms with Crippen molar-refractivity contribution < 1.29 is 17.9 Å². The van der Waals surface area contributed by atoms with Crippen LogP contribution in [0.15, 0.2) is 71.6 Å². The lowest BCUT2D eigenvalue weighted by Crippen LogP contribution is -2.14. The number of carbonyl (C=O) groups is 1. The zero-order chi connectivity index (χ0) is 23.4. The second kappa shape index (κ2) is 9.98. The first-order valence-electron chi connectivity index (χ1n) is 11.0. The molecule has 33 heavy (non-hydrogen) atoms. The van der Waals surface area contributed by atoms with E-state index in [1.807, 2.05) is 36.4 Å². The number of benzene rings is 3. The second-order valence-corrected chi connectivity index (χ2v) is 10.9. The first kappa shape index (κ1) is 23.3. The summed E-state index contributed by atoms with van der Waals surface area (Å²) >= 11 is 6.56. The Hall–Kier alpha value is -2.83. The van der Waals surface area contributed by atoms with E-state index in [0.717, 1.165) is 22.4 Å². The molecule has 3 aromatic carbocycles. The molecule has 0 heterocycles. The lowest BCUT2D eigenvalue weighted by atomic mass is 10.0. The summed E-state index contributed by atoms with van der Waals surface area (Å²) in [6.45, 7) is 2.32. The van der Waals surface area contributed by atoms with Gasteiger partial charge in [0.1, 0.15) is 5.75 Å². The van der Waals surface area contributed by atoms with E-state index in [1.165, 1.54) is 25.0 Å². The molecule has 7 heteroatoms. The molecule has 172 valence electrons. The van der Waals surface area contributed by atoms with Gasteiger partial charge in [-0.05, 0) is 54.7 Å². The molecule has 1 aliphatic carbocycles. The molecule has 5 nitrogen and oxygen atoms in total. The van der Waals surface area contributed by atoms with Crippen LogP contribution < -0.4 is 10.1 Å². The maximum Gasteiger partial charge on any atom is 0.228 e. The summed E-state index contributed by atoms with van der Waals surface area (Å²) in [4.78, 5) is 12.8. The van der Waals surface area contributed by atoms with E-state index < -0.39 is 9.84 Å². The number of ether oxygens (including phenoxy) is 1. The predicted molar refractivity (Wildman–Crippen MR) is 132 cm³/mol. The average Bonchev–Trinajstić information content (AvgIpc) is 3.63. The van der Waals surface area contributed by atoms with Gasteiger partial charge in [-0.1, -0.05) is 54.9 Å². The summed E-state index contributed by atoms with van der Waals surface area (Å²) < 4.78 is 29.9. The molecule has 1 saturated carbocycles. The second-order valence-electron chi connectivity index (χ2n) is 8.22. The highest BCUT2D eigenvalue weighted by Gasteiger charge is 2.22. The number of sulfone groups is 1. The van der Waals surface area contributed by atoms with Gasteiger partial charge in [0.05, 0.1) is 28.7 Å². The average molecular weight is 484 g/mol. The van der Waals surface area contributed by atoms with Gasteiger partial charge in [-0.3, -0.25) is 4.79 Å². The molecule has 3 aromatic rings. The van der Waals surface area contributed by atoms with Crippen LogP contribution in [0.2, 0.25) is 5.02 Å². The quantitative estimate of drug-likeness (QED) is 0.419. The van der Waals surface area contributed by atoms with Crippen molar-refractivity contribution in [2.24, 2.45) is 5.92 Å². The Balaban J connectivity index is 1.43. The van der Waals surface area contributed by atoms with Crippen molar-refractivity contribution in [1.82, 2.24) is 0 Å². The number of nitrogens with one attached hydrogen (secondary N) is 1. The number of amides is 1. The molecule has 0 unspecified atom stereocenters. The van der Waals surface area contributed by atoms with E-state index in [2.05, 4.69) is 5.32 Å². The van der Waals surface area contributed by atoms with Crippen molar-refractivity contribution in [3.05, 3.63) is 77.3 Å². The van der Waals surface area contributed by atoms with Crippen LogP contribution in [-0.2, 0) is 21.1 Å². The zero-order valence-corrected chi connectivity index (χ0v) is 20.0. The standard InChI is InChI=1S/C26H26ClNO4S/c1-2-33(30,31)21-12-9-18(10-13-21)15-26(29)28-20-11-14-22(24(27)16-20)23-5-3-4-6-25(23)32-17-19-7-8-19/h3-6,9-14,16,19H,2,7-8,15,17H2,1H3,(H,28,29). The predicted octanol–water partition coefficient (Wildman–Crippen LogP) is 5.77. The molecule has 1 N–H and O–H groups in total. The number of hydrogen-bond donors (Lipinski definition) is 1. The lowest BCUT2D eigenvalue weighted by molar-refractivity contribution is -0.115. The molecule has 1 amide bonds. The van der Waals surface area contributed by atoms with Gasteiger partial charge in [-0.15, -0.1) is 0 Å². The minimum atomic E-state index is -3.26. The van der Waals surface area contributed by atoms with Crippen LogP contribution >= 0.6 is 11.6 Å². The van der Waals surface area contributed by atoms with Crippen molar-refractivity contribution in [1.29, 1.82) is 0 Å². The molecule has 0 radical (unpaired) electrons. The minimum Gasteiger partial charge on any atom is -0.493 e. The van der Waals surface area contributed by atoms with Crippen LogP contribution in [0.3, 0.4) is 0 Å². The molecular formula is C26H26ClNO4S. The van der Waals surface area contributed by atoms with Crippen LogP contribution in [0.4, 0.5) is 5.69 Å². The number of anilines is 1. The highest BCUT2D eigenvalue weighted by Crippen LogP contribution is 2.37. The van der Waals surface area contributed by atoms with E-state index in [0.29, 0.717) is 23.2 Å². The summed E-state index contributed by atoms with van der Waals surface area (Å²) in [5.41, 5.74) is 3.08. The van der Waals surface area contributed by atoms with Crippen LogP contribution in [0, 0.1) is 5.92 Å². The third kappa shape index (κ3) is 5.95. The third-order valence-corrected chi connectivity index (χ3v) is 7.69. The Bertz CT molecular complexity index is 1250. The summed E-state index contributed by atoms with van der Waals surface area (Å²) in [5, 5.41) is 3.37. The molecule has 0 spiro atoms. The van der Waals surface area contributed by atoms with Crippen molar-refractivity contribution in [3.8, 4) is 16.9 Å². The van der Waals surface area contributed by atoms with Gasteiger partial charge in [0, 0.05) is 16.8 Å². The first-order valence-corrected chi connectivity index (χ1v) is 13.0. The molecule has 0 bridgehead atoms. The van der Waals surface area contributed by atoms with Gasteiger partial charge in [-0.25, -0.2) is 8.42 Å². The Morgan fingerprint density at radius 2 is 1.76 bits per heavy atom. The normalized spacial score (nSPS) is 13.5. The largest absolute Gasteiger partial charge is 0.493 e. The summed E-state index contributed by atoms with van der Waals surface area (Å²) in [6.07, 6.45) is 2.57. The molecule has 4 rings (SSSR count). The van der Waals surface area contributed by atoms with E-state index >= 15 is 0 Å². The fourth-order valence-corrected chi connectivity index (χ4v) is 4.66. The van der Waals surface area contributed by atoms with E-state index in [4.69, 9.17) is 16.3 Å². The van der Waals surface area contributed by atoms with Gasteiger partial charge in [0.2, 0.25) is 5.91 Å². The van der Waals surface area contributed by atoms with Crippen molar-refractivity contribution in [2.75, 3.05) is 17.7 Å². The van der Waals surface area contributed by atoms with Gasteiger partial charge < -0.3 is 10.1 Å². The van der Waals surface area contributed by atoms with Crippen LogP contribution in [0.1, 0.15) is 25.3 Å². The van der Waals surface area contributed by atoms with Crippen LogP contribution in [0.25, 0.3) is 11.1 Å². The van der Waals surface area contributed by atoms with Crippen LogP contribution in [-0.4, -0.2) is 26.7 Å². The van der Waals surface area contributed by atoms with Gasteiger partial charge in [-0.2, -0.15) is 0 Å². The monoisotopic (exact) mass is 483 g/mol. The van der Waals surface area contributed by atoms with Crippen molar-refractivity contribution in [2.45, 2.75) is 31.1 Å². The fraction of sp³-hybridized carbons (Fsp3) is 0.269. The van der Waals surface area contributed by atoms with E-state index in [9.17, 15) is 13.2 Å². The lowest BCUT2D eigenvalue weighted by Gasteiger charge is -2.14. The van der Waals surface area contributed by atoms with Gasteiger partial charge in [0.25, 0.3) is 0 Å². The number of carbonyl (C=O) groups excluding carboxylic acids is 1.